The van der Waals surface area contributed by atoms with Gasteiger partial charge in [0.05, 0.1) is 28.9 Å². The first-order valence-corrected chi connectivity index (χ1v) is 10.7. The number of aromatic amines is 1. The number of hydrogen-bond donors (Lipinski definition) is 3. The van der Waals surface area contributed by atoms with Gasteiger partial charge in [0.15, 0.2) is 11.5 Å². The zero-order chi connectivity index (χ0) is 25.4. The summed E-state index contributed by atoms with van der Waals surface area (Å²) >= 11 is 0. The number of hydrogen-bond acceptors (Lipinski definition) is 6. The Morgan fingerprint density at radius 3 is 2.67 bits per heavy atom. The molecular weight excluding hydrogens is 473 g/mol. The minimum Gasteiger partial charge on any atom is -0.339 e. The quantitative estimate of drug-likeness (QED) is 0.316. The fraction of sp³-hybridized carbons (Fsp3) is 0.125. The second-order valence-corrected chi connectivity index (χ2v) is 8.08. The molecule has 0 radical (unpaired) electrons. The Kier molecular flexibility index (Phi) is 5.63. The third kappa shape index (κ3) is 4.48. The summed E-state index contributed by atoms with van der Waals surface area (Å²) in [4.78, 5) is 22.0. The molecule has 0 saturated carbocycles. The van der Waals surface area contributed by atoms with E-state index in [2.05, 4.69) is 35.9 Å². The molecule has 0 saturated heterocycles. The van der Waals surface area contributed by atoms with Gasteiger partial charge in [0.25, 0.3) is 5.91 Å². The summed E-state index contributed by atoms with van der Waals surface area (Å²) in [6, 6.07) is 9.43. The van der Waals surface area contributed by atoms with E-state index in [1.807, 2.05) is 6.92 Å². The van der Waals surface area contributed by atoms with Crippen LogP contribution < -0.4 is 10.6 Å². The lowest BCUT2D eigenvalue weighted by molar-refractivity contribution is -0.137. The molecular formula is C24H19F3N8O. The number of benzene rings is 2. The number of nitrogens with one attached hydrogen (secondary N) is 3. The number of alkyl halides is 3. The molecule has 5 rings (SSSR count). The normalized spacial score (nSPS) is 11.6. The number of H-pyrrole nitrogens is 1. The Morgan fingerprint density at radius 2 is 1.92 bits per heavy atom. The Bertz CT molecular complexity index is 1570. The van der Waals surface area contributed by atoms with Crippen molar-refractivity contribution in [2.24, 2.45) is 7.05 Å². The predicted molar refractivity (Wildman–Crippen MR) is 128 cm³/mol. The van der Waals surface area contributed by atoms with E-state index in [1.54, 1.807) is 48.5 Å². The van der Waals surface area contributed by atoms with Crippen molar-refractivity contribution in [3.63, 3.8) is 0 Å². The van der Waals surface area contributed by atoms with Crippen LogP contribution in [0.15, 0.2) is 61.1 Å². The lowest BCUT2D eigenvalue weighted by Gasteiger charge is -2.13. The topological polar surface area (TPSA) is 113 Å². The van der Waals surface area contributed by atoms with Crippen molar-refractivity contribution in [3.8, 4) is 11.4 Å². The number of amides is 1. The average Bonchev–Trinajstić information content (AvgIpc) is 3.51. The Labute approximate surface area is 202 Å². The maximum absolute atomic E-state index is 13.0. The van der Waals surface area contributed by atoms with Crippen LogP contribution >= 0.6 is 0 Å². The lowest BCUT2D eigenvalue weighted by atomic mass is 10.1. The van der Waals surface area contributed by atoms with Crippen LogP contribution in [0.1, 0.15) is 21.5 Å². The van der Waals surface area contributed by atoms with E-state index in [9.17, 15) is 18.0 Å². The SMILES string of the molecule is Cc1ccc(C(=O)Nc2cccc(C(F)(F)F)c2)cc1Nc1nc(-c2cn[nH]c2)nc2c1cnn2C. The fourth-order valence-corrected chi connectivity index (χ4v) is 3.62. The van der Waals surface area contributed by atoms with E-state index in [-0.39, 0.29) is 11.3 Å². The van der Waals surface area contributed by atoms with E-state index in [1.165, 1.54) is 12.1 Å². The molecule has 36 heavy (non-hydrogen) atoms. The van der Waals surface area contributed by atoms with E-state index >= 15 is 0 Å². The summed E-state index contributed by atoms with van der Waals surface area (Å²) in [7, 11) is 1.77. The minimum absolute atomic E-state index is 0.0440. The third-order valence-corrected chi connectivity index (χ3v) is 5.55. The van der Waals surface area contributed by atoms with Crippen LogP contribution in [0.4, 0.5) is 30.4 Å². The molecule has 3 aromatic heterocycles. The van der Waals surface area contributed by atoms with E-state index in [4.69, 9.17) is 0 Å². The van der Waals surface area contributed by atoms with Gasteiger partial charge in [-0.15, -0.1) is 0 Å². The van der Waals surface area contributed by atoms with Crippen molar-refractivity contribution in [3.05, 3.63) is 77.7 Å². The second-order valence-electron chi connectivity index (χ2n) is 8.08. The molecule has 9 nitrogen and oxygen atoms in total. The highest BCUT2D eigenvalue weighted by Gasteiger charge is 2.30. The van der Waals surface area contributed by atoms with Crippen LogP contribution in [0, 0.1) is 6.92 Å². The number of fused-ring (bicyclic) bond motifs is 1. The van der Waals surface area contributed by atoms with Crippen molar-refractivity contribution >= 4 is 34.1 Å². The molecule has 2 aromatic carbocycles. The van der Waals surface area contributed by atoms with E-state index in [0.717, 1.165) is 17.7 Å². The van der Waals surface area contributed by atoms with E-state index < -0.39 is 17.6 Å². The van der Waals surface area contributed by atoms with Gasteiger partial charge in [-0.3, -0.25) is 14.6 Å². The summed E-state index contributed by atoms with van der Waals surface area (Å²) in [6.45, 7) is 1.86. The van der Waals surface area contributed by atoms with Gasteiger partial charge in [-0.05, 0) is 42.8 Å². The molecule has 5 aromatic rings. The predicted octanol–water partition coefficient (Wildman–Crippen LogP) is 5.08. The van der Waals surface area contributed by atoms with Crippen LogP contribution in [-0.4, -0.2) is 35.9 Å². The standard InChI is InChI=1S/C24H19F3N8O/c1-13-6-7-14(23(36)31-17-5-3-4-16(9-17)24(25,26)27)8-19(13)32-21-18-12-30-35(2)22(18)34-20(33-21)15-10-28-29-11-15/h3-12H,1-2H3,(H,28,29)(H,31,36)(H,32,33,34). The first-order chi connectivity index (χ1) is 17.2. The van der Waals surface area contributed by atoms with Gasteiger partial charge in [-0.2, -0.15) is 23.4 Å². The van der Waals surface area contributed by atoms with Gasteiger partial charge >= 0.3 is 6.18 Å². The highest BCUT2D eigenvalue weighted by molar-refractivity contribution is 6.05. The monoisotopic (exact) mass is 492 g/mol. The Morgan fingerprint density at radius 1 is 1.08 bits per heavy atom. The van der Waals surface area contributed by atoms with Gasteiger partial charge in [0.2, 0.25) is 0 Å². The largest absolute Gasteiger partial charge is 0.416 e. The zero-order valence-corrected chi connectivity index (χ0v) is 19.1. The van der Waals surface area contributed by atoms with Gasteiger partial charge < -0.3 is 10.6 Å². The molecule has 182 valence electrons. The van der Waals surface area contributed by atoms with Crippen LogP contribution in [0.5, 0.6) is 0 Å². The number of anilines is 3. The highest BCUT2D eigenvalue weighted by atomic mass is 19.4. The molecule has 3 heterocycles. The van der Waals surface area contributed by atoms with Gasteiger partial charge in [0.1, 0.15) is 5.82 Å². The van der Waals surface area contributed by atoms with Crippen molar-refractivity contribution in [2.75, 3.05) is 10.6 Å². The van der Waals surface area contributed by atoms with Crippen molar-refractivity contribution in [2.45, 2.75) is 13.1 Å². The van der Waals surface area contributed by atoms with Crippen LogP contribution in [0.2, 0.25) is 0 Å². The Balaban J connectivity index is 1.46. The molecule has 0 unspecified atom stereocenters. The van der Waals surface area contributed by atoms with Gasteiger partial charge in [0, 0.05) is 30.2 Å². The number of carbonyl (C=O) groups excluding carboxylic acids is 1. The second kappa shape index (κ2) is 8.80. The minimum atomic E-state index is -4.51. The molecule has 1 amide bonds. The fourth-order valence-electron chi connectivity index (χ4n) is 3.62. The van der Waals surface area contributed by atoms with Gasteiger partial charge in [-0.1, -0.05) is 12.1 Å². The van der Waals surface area contributed by atoms with Crippen LogP contribution in [0.25, 0.3) is 22.4 Å². The smallest absolute Gasteiger partial charge is 0.339 e. The number of carbonyl (C=O) groups is 1. The first kappa shape index (κ1) is 23.0. The lowest BCUT2D eigenvalue weighted by Crippen LogP contribution is -2.13. The number of nitrogens with zero attached hydrogens (tertiary/aromatic N) is 5. The molecule has 0 aliphatic carbocycles. The molecule has 12 heteroatoms. The molecule has 0 aliphatic heterocycles. The molecule has 0 spiro atoms. The number of aromatic nitrogens is 6. The Hall–Kier alpha value is -4.74. The van der Waals surface area contributed by atoms with E-state index in [0.29, 0.717) is 33.9 Å². The summed E-state index contributed by atoms with van der Waals surface area (Å²) in [6.07, 6.45) is 0.402. The summed E-state index contributed by atoms with van der Waals surface area (Å²) in [5.74, 6) is 0.354. The zero-order valence-electron chi connectivity index (χ0n) is 19.1. The number of halogens is 3. The summed E-state index contributed by atoms with van der Waals surface area (Å²) < 4.78 is 40.7. The number of rotatable bonds is 5. The molecule has 3 N–H and O–H groups in total. The average molecular weight is 492 g/mol. The maximum Gasteiger partial charge on any atom is 0.416 e. The molecule has 0 bridgehead atoms. The maximum atomic E-state index is 13.0. The number of aryl methyl sites for hydroxylation is 2. The molecule has 0 aliphatic rings. The summed E-state index contributed by atoms with van der Waals surface area (Å²) in [5.41, 5.74) is 2.16. The van der Waals surface area contributed by atoms with Crippen LogP contribution in [-0.2, 0) is 13.2 Å². The van der Waals surface area contributed by atoms with Crippen molar-refractivity contribution in [1.29, 1.82) is 0 Å². The third-order valence-electron chi connectivity index (χ3n) is 5.55. The van der Waals surface area contributed by atoms with Crippen LogP contribution in [0.3, 0.4) is 0 Å². The molecule has 0 fully saturated rings. The highest BCUT2D eigenvalue weighted by Crippen LogP contribution is 2.31. The summed E-state index contributed by atoms with van der Waals surface area (Å²) in [5, 5.41) is 17.4. The van der Waals surface area contributed by atoms with Crippen molar-refractivity contribution in [1.82, 2.24) is 29.9 Å². The van der Waals surface area contributed by atoms with Crippen molar-refractivity contribution < 1.29 is 18.0 Å². The molecule has 0 atom stereocenters. The first-order valence-electron chi connectivity index (χ1n) is 10.7. The van der Waals surface area contributed by atoms with Gasteiger partial charge in [-0.25, -0.2) is 9.97 Å².